The number of aromatic nitrogens is 1. The van der Waals surface area contributed by atoms with Gasteiger partial charge in [0.25, 0.3) is 5.91 Å². The first-order valence-corrected chi connectivity index (χ1v) is 26.3. The molecule has 1 saturated heterocycles. The van der Waals surface area contributed by atoms with Crippen molar-refractivity contribution in [3.8, 4) is 0 Å². The van der Waals surface area contributed by atoms with Gasteiger partial charge in [0, 0.05) is 110 Å². The highest BCUT2D eigenvalue weighted by Crippen LogP contribution is 2.15. The molecule has 79 heavy (non-hydrogen) atoms. The third kappa shape index (κ3) is 27.2. The maximum atomic E-state index is 13.5. The van der Waals surface area contributed by atoms with Crippen LogP contribution >= 0.6 is 15.9 Å². The first-order valence-electron chi connectivity index (χ1n) is 25.5. The maximum Gasteiger partial charge on any atom is 0.326 e. The summed E-state index contributed by atoms with van der Waals surface area (Å²) in [6, 6.07) is 4.70. The van der Waals surface area contributed by atoms with Gasteiger partial charge in [0.2, 0.25) is 11.8 Å². The predicted octanol–water partition coefficient (Wildman–Crippen LogP) is 0.339. The van der Waals surface area contributed by atoms with Crippen molar-refractivity contribution in [2.24, 2.45) is 0 Å². The molecule has 1 aliphatic rings. The third-order valence-electron chi connectivity index (χ3n) is 12.7. The molecule has 0 aliphatic carbocycles. The molecule has 1 aromatic carbocycles. The molecule has 29 heteroatoms. The van der Waals surface area contributed by atoms with E-state index in [-0.39, 0.29) is 142 Å². The first-order chi connectivity index (χ1) is 37.5. The number of pyridine rings is 1. The summed E-state index contributed by atoms with van der Waals surface area (Å²) in [4.78, 5) is 146. The van der Waals surface area contributed by atoms with E-state index in [0.717, 1.165) is 5.56 Å². The molecule has 1 aliphatic heterocycles. The number of carbonyl (C=O) groups is 11. The molecule has 2 aromatic rings. The minimum absolute atomic E-state index is 0.0580. The molecule has 0 spiro atoms. The highest BCUT2D eigenvalue weighted by Gasteiger charge is 2.29. The van der Waals surface area contributed by atoms with Gasteiger partial charge in [0.1, 0.15) is 22.7 Å². The third-order valence-corrected chi connectivity index (χ3v) is 13.1. The number of rotatable bonds is 33. The van der Waals surface area contributed by atoms with E-state index in [9.17, 15) is 83.4 Å². The number of halogens is 1. The average molecular weight is 1180 g/mol. The van der Waals surface area contributed by atoms with Crippen molar-refractivity contribution in [3.05, 3.63) is 63.9 Å². The van der Waals surface area contributed by atoms with Gasteiger partial charge in [-0.1, -0.05) is 18.2 Å². The standard InChI is InChI=1S/C50H71BrN10O18/c51-39-14-9-34(28-53-39)29-61(18-4-2-5-36(47(73)74)55-50(79)56-37(48(75)76)12-16-42(64)65)41(63)6-1-3-17-52-46(72)35-10-7-33(8-11-35)27-54-40(62)15-13-38(49(77)78)60-25-23-58(31-44(68)69)21-19-57(30-43(66)67)20-22-59(24-26-60)32-45(70)71/h7-11,14,28,36-38H,1-6,12-13,15-27,29-32H2,(H,52,72)(H,54,62)(H,64,65)(H,66,67)(H,68,69)(H,70,71)(H,73,74)(H,75,76)(H,77,78)(H2,55,56,79)/t36-,37-,38?/m0/s1. The SMILES string of the molecule is O=C(O)CC[C@H](NC(=O)N[C@@H](CCCCN(Cc1ccc(Br)nc1)C(=O)CCCCNC(=O)c1ccc(CNC(=O)CCC(C(=O)O)N2CCN(CC(=O)O)CCN(CC(=O)O)CCN(CC(=O)O)CC2)cc1)C(=O)O)C(=O)O. The molecule has 11 N–H and O–H groups in total. The van der Waals surface area contributed by atoms with Crippen LogP contribution in [0.5, 0.6) is 0 Å². The number of aliphatic carboxylic acids is 7. The molecule has 2 heterocycles. The number of amides is 5. The lowest BCUT2D eigenvalue weighted by Gasteiger charge is -2.35. The van der Waals surface area contributed by atoms with Crippen molar-refractivity contribution >= 4 is 81.5 Å². The van der Waals surface area contributed by atoms with Crippen LogP contribution in [0, 0.1) is 0 Å². The summed E-state index contributed by atoms with van der Waals surface area (Å²) in [5, 5.41) is 76.5. The second-order valence-corrected chi connectivity index (χ2v) is 19.6. The largest absolute Gasteiger partial charge is 0.481 e. The quantitative estimate of drug-likeness (QED) is 0.0339. The van der Waals surface area contributed by atoms with Crippen LogP contribution in [0.3, 0.4) is 0 Å². The Balaban J connectivity index is 1.49. The van der Waals surface area contributed by atoms with Crippen molar-refractivity contribution < 1.29 is 88.5 Å². The summed E-state index contributed by atoms with van der Waals surface area (Å²) in [6.45, 7) is 0.609. The molecule has 1 unspecified atom stereocenters. The number of carboxylic acids is 7. The molecule has 5 amide bonds. The van der Waals surface area contributed by atoms with E-state index in [4.69, 9.17) is 5.11 Å². The smallest absolute Gasteiger partial charge is 0.326 e. The number of nitrogens with one attached hydrogen (secondary N) is 4. The van der Waals surface area contributed by atoms with Gasteiger partial charge in [-0.05, 0) is 90.2 Å². The fraction of sp³-hybridized carbons (Fsp3) is 0.560. The Morgan fingerprint density at radius 3 is 1.58 bits per heavy atom. The van der Waals surface area contributed by atoms with E-state index in [1.54, 1.807) is 67.1 Å². The molecule has 0 bridgehead atoms. The molecule has 0 saturated carbocycles. The summed E-state index contributed by atoms with van der Waals surface area (Å²) < 4.78 is 0.591. The molecule has 3 rings (SSSR count). The lowest BCUT2D eigenvalue weighted by atomic mass is 10.1. The monoisotopic (exact) mass is 1180 g/mol. The molecule has 28 nitrogen and oxygen atoms in total. The summed E-state index contributed by atoms with van der Waals surface area (Å²) >= 11 is 3.28. The first kappa shape index (κ1) is 65.9. The highest BCUT2D eigenvalue weighted by atomic mass is 79.9. The maximum absolute atomic E-state index is 13.5. The van der Waals surface area contributed by atoms with E-state index >= 15 is 0 Å². The van der Waals surface area contributed by atoms with Gasteiger partial charge in [0.15, 0.2) is 0 Å². The summed E-state index contributed by atoms with van der Waals surface area (Å²) in [5.41, 5.74) is 1.71. The lowest BCUT2D eigenvalue weighted by Crippen LogP contribution is -2.52. The van der Waals surface area contributed by atoms with Gasteiger partial charge in [0.05, 0.1) is 19.6 Å². The molecular weight excluding hydrogens is 1110 g/mol. The number of hydrogen-bond acceptors (Lipinski definition) is 16. The Labute approximate surface area is 463 Å². The molecule has 1 fully saturated rings. The summed E-state index contributed by atoms with van der Waals surface area (Å²) in [5.74, 6) is -9.75. The van der Waals surface area contributed by atoms with Crippen LogP contribution in [0.25, 0.3) is 0 Å². The van der Waals surface area contributed by atoms with Crippen LogP contribution in [0.4, 0.5) is 4.79 Å². The number of carboxylic acid groups (broad SMARTS) is 7. The van der Waals surface area contributed by atoms with Crippen LogP contribution in [0.2, 0.25) is 0 Å². The lowest BCUT2D eigenvalue weighted by molar-refractivity contribution is -0.145. The van der Waals surface area contributed by atoms with E-state index in [2.05, 4.69) is 42.2 Å². The van der Waals surface area contributed by atoms with Gasteiger partial charge in [-0.2, -0.15) is 0 Å². The second kappa shape index (κ2) is 35.2. The van der Waals surface area contributed by atoms with Crippen molar-refractivity contribution in [2.45, 2.75) is 95.4 Å². The number of urea groups is 1. The zero-order valence-electron chi connectivity index (χ0n) is 43.6. The predicted molar refractivity (Wildman–Crippen MR) is 282 cm³/mol. The van der Waals surface area contributed by atoms with Crippen LogP contribution < -0.4 is 21.3 Å². The van der Waals surface area contributed by atoms with E-state index < -0.39 is 84.7 Å². The number of unbranched alkanes of at least 4 members (excludes halogenated alkanes) is 2. The van der Waals surface area contributed by atoms with E-state index in [0.29, 0.717) is 35.0 Å². The number of carbonyl (C=O) groups excluding carboxylic acids is 4. The normalized spacial score (nSPS) is 15.2. The number of nitrogens with zero attached hydrogens (tertiary/aromatic N) is 6. The topological polar surface area (TPSA) is 407 Å². The second-order valence-electron chi connectivity index (χ2n) is 18.8. The zero-order chi connectivity index (χ0) is 58.4. The van der Waals surface area contributed by atoms with Gasteiger partial charge < -0.3 is 61.9 Å². The zero-order valence-corrected chi connectivity index (χ0v) is 45.2. The Hall–Kier alpha value is -7.34. The highest BCUT2D eigenvalue weighted by molar-refractivity contribution is 9.10. The van der Waals surface area contributed by atoms with E-state index in [1.807, 2.05) is 0 Å². The van der Waals surface area contributed by atoms with Crippen molar-refractivity contribution in [1.82, 2.24) is 50.8 Å². The summed E-state index contributed by atoms with van der Waals surface area (Å²) in [6.07, 6.45) is 1.85. The average Bonchev–Trinajstić information content (AvgIpc) is 3.38. The number of hydrogen-bond donors (Lipinski definition) is 11. The van der Waals surface area contributed by atoms with Crippen molar-refractivity contribution in [2.75, 3.05) is 85.1 Å². The van der Waals surface area contributed by atoms with E-state index in [1.165, 1.54) is 0 Å². The molecule has 0 radical (unpaired) electrons. The van der Waals surface area contributed by atoms with Gasteiger partial charge in [-0.3, -0.25) is 58.0 Å². The van der Waals surface area contributed by atoms with Crippen LogP contribution in [0.1, 0.15) is 85.7 Å². The Morgan fingerprint density at radius 2 is 1.09 bits per heavy atom. The Morgan fingerprint density at radius 1 is 0.557 bits per heavy atom. The van der Waals surface area contributed by atoms with Crippen LogP contribution in [-0.4, -0.2) is 234 Å². The Kier molecular flexibility index (Phi) is 29.4. The van der Waals surface area contributed by atoms with Crippen LogP contribution in [0.15, 0.2) is 47.2 Å². The van der Waals surface area contributed by atoms with Crippen LogP contribution in [-0.2, 0) is 56.2 Å². The fourth-order valence-electron chi connectivity index (χ4n) is 8.37. The molecular formula is C50H71BrN10O18. The van der Waals surface area contributed by atoms with Crippen molar-refractivity contribution in [1.29, 1.82) is 0 Å². The fourth-order valence-corrected chi connectivity index (χ4v) is 8.61. The molecule has 3 atom stereocenters. The summed E-state index contributed by atoms with van der Waals surface area (Å²) in [7, 11) is 0. The minimum Gasteiger partial charge on any atom is -0.481 e. The van der Waals surface area contributed by atoms with Gasteiger partial charge >= 0.3 is 47.8 Å². The number of benzene rings is 1. The molecule has 1 aromatic heterocycles. The van der Waals surface area contributed by atoms with Gasteiger partial charge in [-0.15, -0.1) is 0 Å². The van der Waals surface area contributed by atoms with Crippen molar-refractivity contribution in [3.63, 3.8) is 0 Å². The van der Waals surface area contributed by atoms with Gasteiger partial charge in [-0.25, -0.2) is 19.4 Å². The minimum atomic E-state index is -1.55. The molecule has 436 valence electrons. The Bertz CT molecular complexity index is 2350.